The third-order valence-electron chi connectivity index (χ3n) is 3.11. The zero-order valence-corrected chi connectivity index (χ0v) is 13.6. The first-order chi connectivity index (χ1) is 9.76. The topological polar surface area (TPSA) is 47.9 Å². The van der Waals surface area contributed by atoms with Crippen LogP contribution >= 0.6 is 0 Å². The van der Waals surface area contributed by atoms with Crippen molar-refractivity contribution in [1.82, 2.24) is 0 Å². The largest absolute Gasteiger partial charge is 0.388 e. The zero-order valence-electron chi connectivity index (χ0n) is 13.6. The van der Waals surface area contributed by atoms with Gasteiger partial charge in [0.2, 0.25) is 0 Å². The average molecular weight is 290 g/mol. The first-order valence-electron chi connectivity index (χ1n) is 8.21. The van der Waals surface area contributed by atoms with E-state index in [1.54, 1.807) is 0 Å². The number of aliphatic hydroxyl groups is 1. The molecule has 0 fully saturated rings. The third-order valence-corrected chi connectivity index (χ3v) is 3.11. The summed E-state index contributed by atoms with van der Waals surface area (Å²) < 4.78 is 16.8. The van der Waals surface area contributed by atoms with Gasteiger partial charge in [0.25, 0.3) is 0 Å². The highest BCUT2D eigenvalue weighted by Crippen LogP contribution is 2.05. The fourth-order valence-electron chi connectivity index (χ4n) is 1.65. The highest BCUT2D eigenvalue weighted by Gasteiger charge is 2.20. The van der Waals surface area contributed by atoms with Crippen LogP contribution in [-0.2, 0) is 14.2 Å². The first kappa shape index (κ1) is 19.8. The van der Waals surface area contributed by atoms with Crippen LogP contribution in [0.25, 0.3) is 0 Å². The number of aliphatic hydroxyl groups excluding tert-OH is 1. The Morgan fingerprint density at radius 1 is 0.750 bits per heavy atom. The molecule has 0 radical (unpaired) electrons. The van der Waals surface area contributed by atoms with Crippen molar-refractivity contribution in [3.05, 3.63) is 0 Å². The second-order valence-corrected chi connectivity index (χ2v) is 5.19. The van der Waals surface area contributed by atoms with Crippen molar-refractivity contribution in [3.8, 4) is 0 Å². The molecule has 0 aromatic heterocycles. The lowest BCUT2D eigenvalue weighted by Crippen LogP contribution is -2.37. The van der Waals surface area contributed by atoms with Crippen LogP contribution in [0.2, 0.25) is 0 Å². The van der Waals surface area contributed by atoms with Gasteiger partial charge in [0.15, 0.2) is 0 Å². The number of unbranched alkanes of at least 4 members (excludes halogenated alkanes) is 3. The van der Waals surface area contributed by atoms with Gasteiger partial charge in [0, 0.05) is 19.8 Å². The van der Waals surface area contributed by atoms with Crippen LogP contribution in [0.1, 0.15) is 59.3 Å². The Bertz CT molecular complexity index is 187. The molecule has 0 heterocycles. The van der Waals surface area contributed by atoms with Crippen LogP contribution in [-0.4, -0.2) is 50.3 Å². The second kappa shape index (κ2) is 15.2. The van der Waals surface area contributed by atoms with Crippen LogP contribution in [0.5, 0.6) is 0 Å². The molecule has 1 unspecified atom stereocenters. The Kier molecular flexibility index (Phi) is 15.1. The first-order valence-corrected chi connectivity index (χ1v) is 8.21. The molecular formula is C16H34O4. The number of hydrogen-bond acceptors (Lipinski definition) is 4. The maximum absolute atomic E-state index is 10.1. The quantitative estimate of drug-likeness (QED) is 0.471. The van der Waals surface area contributed by atoms with E-state index in [4.69, 9.17) is 14.2 Å². The Morgan fingerprint density at radius 3 is 1.80 bits per heavy atom. The Morgan fingerprint density at radius 2 is 1.25 bits per heavy atom. The number of ether oxygens (including phenoxy) is 3. The molecule has 4 nitrogen and oxygen atoms in total. The maximum atomic E-state index is 10.1. The summed E-state index contributed by atoms with van der Waals surface area (Å²) in [5.41, 5.74) is 0. The van der Waals surface area contributed by atoms with E-state index >= 15 is 0 Å². The second-order valence-electron chi connectivity index (χ2n) is 5.19. The number of hydrogen-bond donors (Lipinski definition) is 1. The van der Waals surface area contributed by atoms with E-state index in [0.717, 1.165) is 45.1 Å². The summed E-state index contributed by atoms with van der Waals surface area (Å²) in [4.78, 5) is 0. The SMILES string of the molecule is CCCCOCC(O)[C@H](COCCCC)OCCCC. The predicted octanol–water partition coefficient (Wildman–Crippen LogP) is 3.17. The fourth-order valence-corrected chi connectivity index (χ4v) is 1.65. The van der Waals surface area contributed by atoms with Crippen molar-refractivity contribution in [3.63, 3.8) is 0 Å². The van der Waals surface area contributed by atoms with Gasteiger partial charge in [-0.1, -0.05) is 40.0 Å². The fraction of sp³-hybridized carbons (Fsp3) is 1.00. The van der Waals surface area contributed by atoms with Crippen LogP contribution in [0, 0.1) is 0 Å². The van der Waals surface area contributed by atoms with Crippen molar-refractivity contribution >= 4 is 0 Å². The van der Waals surface area contributed by atoms with Gasteiger partial charge in [-0.25, -0.2) is 0 Å². The van der Waals surface area contributed by atoms with Crippen molar-refractivity contribution in [2.45, 2.75) is 71.5 Å². The molecule has 0 saturated carbocycles. The molecule has 0 aromatic rings. The van der Waals surface area contributed by atoms with Gasteiger partial charge in [0.1, 0.15) is 12.2 Å². The summed E-state index contributed by atoms with van der Waals surface area (Å²) in [5, 5.41) is 10.1. The maximum Gasteiger partial charge on any atom is 0.109 e. The Balaban J connectivity index is 3.92. The highest BCUT2D eigenvalue weighted by atomic mass is 16.5. The summed E-state index contributed by atoms with van der Waals surface area (Å²) in [7, 11) is 0. The van der Waals surface area contributed by atoms with Gasteiger partial charge in [-0.2, -0.15) is 0 Å². The monoisotopic (exact) mass is 290 g/mol. The summed E-state index contributed by atoms with van der Waals surface area (Å²) >= 11 is 0. The molecule has 2 atom stereocenters. The van der Waals surface area contributed by atoms with Crippen molar-refractivity contribution in [1.29, 1.82) is 0 Å². The normalized spacial score (nSPS) is 14.4. The molecule has 4 heteroatoms. The molecule has 20 heavy (non-hydrogen) atoms. The van der Waals surface area contributed by atoms with Crippen LogP contribution < -0.4 is 0 Å². The molecule has 0 bridgehead atoms. The van der Waals surface area contributed by atoms with E-state index in [0.29, 0.717) is 26.4 Å². The van der Waals surface area contributed by atoms with Gasteiger partial charge in [-0.15, -0.1) is 0 Å². The molecule has 1 N–H and O–H groups in total. The molecule has 0 aliphatic rings. The van der Waals surface area contributed by atoms with E-state index in [9.17, 15) is 5.11 Å². The molecular weight excluding hydrogens is 256 g/mol. The minimum absolute atomic E-state index is 0.278. The van der Waals surface area contributed by atoms with E-state index in [1.807, 2.05) is 0 Å². The Hall–Kier alpha value is -0.160. The van der Waals surface area contributed by atoms with Gasteiger partial charge in [0.05, 0.1) is 13.2 Å². The third kappa shape index (κ3) is 11.6. The molecule has 0 rings (SSSR count). The minimum atomic E-state index is -0.606. The van der Waals surface area contributed by atoms with Gasteiger partial charge in [-0.3, -0.25) is 0 Å². The molecule has 0 aliphatic heterocycles. The van der Waals surface area contributed by atoms with Gasteiger partial charge >= 0.3 is 0 Å². The Labute approximate surface area is 124 Å². The van der Waals surface area contributed by atoms with Crippen LogP contribution in [0.4, 0.5) is 0 Å². The lowest BCUT2D eigenvalue weighted by molar-refractivity contribution is -0.103. The zero-order chi connectivity index (χ0) is 15.1. The minimum Gasteiger partial charge on any atom is -0.388 e. The van der Waals surface area contributed by atoms with Crippen molar-refractivity contribution in [2.75, 3.05) is 33.0 Å². The van der Waals surface area contributed by atoms with E-state index in [2.05, 4.69) is 20.8 Å². The molecule has 0 aliphatic carbocycles. The van der Waals surface area contributed by atoms with E-state index in [-0.39, 0.29) is 6.10 Å². The molecule has 0 amide bonds. The lowest BCUT2D eigenvalue weighted by Gasteiger charge is -2.23. The average Bonchev–Trinajstić information content (AvgIpc) is 2.46. The lowest BCUT2D eigenvalue weighted by atomic mass is 10.2. The van der Waals surface area contributed by atoms with Gasteiger partial charge < -0.3 is 19.3 Å². The van der Waals surface area contributed by atoms with E-state index < -0.39 is 6.10 Å². The molecule has 0 spiro atoms. The molecule has 0 aromatic carbocycles. The van der Waals surface area contributed by atoms with Crippen molar-refractivity contribution in [2.24, 2.45) is 0 Å². The summed E-state index contributed by atoms with van der Waals surface area (Å²) in [6, 6.07) is 0. The smallest absolute Gasteiger partial charge is 0.109 e. The van der Waals surface area contributed by atoms with Gasteiger partial charge in [-0.05, 0) is 19.3 Å². The predicted molar refractivity (Wildman–Crippen MR) is 82.1 cm³/mol. The van der Waals surface area contributed by atoms with Crippen LogP contribution in [0.3, 0.4) is 0 Å². The highest BCUT2D eigenvalue weighted by molar-refractivity contribution is 4.68. The summed E-state index contributed by atoms with van der Waals surface area (Å²) in [5.74, 6) is 0. The summed E-state index contributed by atoms with van der Waals surface area (Å²) in [6.07, 6.45) is 5.51. The summed E-state index contributed by atoms with van der Waals surface area (Å²) in [6.45, 7) is 9.26. The van der Waals surface area contributed by atoms with Crippen molar-refractivity contribution < 1.29 is 19.3 Å². The molecule has 0 saturated heterocycles. The number of rotatable bonds is 15. The standard InChI is InChI=1S/C16H34O4/c1-4-7-10-18-13-15(17)16(20-12-9-6-3)14-19-11-8-5-2/h15-17H,4-14H2,1-3H3/t15?,16-/m0/s1. The van der Waals surface area contributed by atoms with E-state index in [1.165, 1.54) is 0 Å². The molecule has 122 valence electrons. The van der Waals surface area contributed by atoms with Crippen LogP contribution in [0.15, 0.2) is 0 Å².